The molecule has 0 aliphatic rings. The number of anilines is 3. The van der Waals surface area contributed by atoms with Crippen molar-refractivity contribution in [1.82, 2.24) is 4.57 Å². The van der Waals surface area contributed by atoms with Gasteiger partial charge in [0.1, 0.15) is 0 Å². The third-order valence-corrected chi connectivity index (χ3v) is 13.6. The van der Waals surface area contributed by atoms with Gasteiger partial charge < -0.3 is 9.47 Å². The van der Waals surface area contributed by atoms with Crippen molar-refractivity contribution in [2.75, 3.05) is 4.90 Å². The van der Waals surface area contributed by atoms with Crippen molar-refractivity contribution in [2.24, 2.45) is 0 Å². The van der Waals surface area contributed by atoms with Crippen molar-refractivity contribution in [3.63, 3.8) is 0 Å². The second kappa shape index (κ2) is 12.4. The van der Waals surface area contributed by atoms with Crippen molar-refractivity contribution < 1.29 is 0 Å². The van der Waals surface area contributed by atoms with Gasteiger partial charge in [-0.15, -0.1) is 22.7 Å². The molecule has 0 bridgehead atoms. The largest absolute Gasteiger partial charge is 0.310 e. The Morgan fingerprint density at radius 2 is 0.911 bits per heavy atom. The van der Waals surface area contributed by atoms with Gasteiger partial charge in [-0.1, -0.05) is 115 Å². The van der Waals surface area contributed by atoms with Gasteiger partial charge in [-0.25, -0.2) is 0 Å². The lowest BCUT2D eigenvalue weighted by Gasteiger charge is -2.25. The minimum atomic E-state index is 1.13. The maximum Gasteiger partial charge on any atom is 0.0547 e. The molecule has 3 aromatic heterocycles. The van der Waals surface area contributed by atoms with Crippen LogP contribution in [0.25, 0.3) is 89.7 Å². The van der Waals surface area contributed by atoms with Crippen LogP contribution in [0, 0.1) is 0 Å². The van der Waals surface area contributed by atoms with Crippen molar-refractivity contribution in [2.45, 2.75) is 0 Å². The zero-order chi connectivity index (χ0) is 36.7. The summed E-state index contributed by atoms with van der Waals surface area (Å²) in [7, 11) is 0. The van der Waals surface area contributed by atoms with E-state index in [-0.39, 0.29) is 0 Å². The first-order valence-corrected chi connectivity index (χ1v) is 20.6. The van der Waals surface area contributed by atoms with Crippen LogP contribution in [0.4, 0.5) is 17.1 Å². The first-order chi connectivity index (χ1) is 27.7. The van der Waals surface area contributed by atoms with Gasteiger partial charge >= 0.3 is 0 Å². The van der Waals surface area contributed by atoms with Crippen LogP contribution in [0.2, 0.25) is 0 Å². The molecular formula is C52H32N2S2. The predicted octanol–water partition coefficient (Wildman–Crippen LogP) is 15.8. The van der Waals surface area contributed by atoms with Gasteiger partial charge in [0.25, 0.3) is 0 Å². The lowest BCUT2D eigenvalue weighted by molar-refractivity contribution is 1.19. The van der Waals surface area contributed by atoms with E-state index < -0.39 is 0 Å². The zero-order valence-electron chi connectivity index (χ0n) is 30.2. The van der Waals surface area contributed by atoms with Crippen molar-refractivity contribution >= 4 is 113 Å². The number of benzene rings is 9. The van der Waals surface area contributed by atoms with E-state index in [1.54, 1.807) is 0 Å². The van der Waals surface area contributed by atoms with E-state index in [0.717, 1.165) is 17.1 Å². The number of thiophene rings is 2. The lowest BCUT2D eigenvalue weighted by atomic mass is 10.00. The molecule has 12 aromatic rings. The molecule has 4 heteroatoms. The average Bonchev–Trinajstić information content (AvgIpc) is 3.93. The Morgan fingerprint density at radius 3 is 1.68 bits per heavy atom. The maximum absolute atomic E-state index is 2.46. The van der Waals surface area contributed by atoms with Crippen molar-refractivity contribution in [1.29, 1.82) is 0 Å². The predicted molar refractivity (Wildman–Crippen MR) is 244 cm³/mol. The minimum Gasteiger partial charge on any atom is -0.310 e. The van der Waals surface area contributed by atoms with E-state index >= 15 is 0 Å². The van der Waals surface area contributed by atoms with E-state index in [2.05, 4.69) is 204 Å². The van der Waals surface area contributed by atoms with Crippen molar-refractivity contribution in [3.8, 4) is 16.8 Å². The highest BCUT2D eigenvalue weighted by Crippen LogP contribution is 2.43. The Bertz CT molecular complexity index is 3480. The quantitative estimate of drug-likeness (QED) is 0.170. The third-order valence-electron chi connectivity index (χ3n) is 11.4. The number of hydrogen-bond donors (Lipinski definition) is 0. The fourth-order valence-electron chi connectivity index (χ4n) is 8.78. The average molecular weight is 749 g/mol. The normalized spacial score (nSPS) is 11.9. The summed E-state index contributed by atoms with van der Waals surface area (Å²) in [6.45, 7) is 0. The molecule has 0 aliphatic carbocycles. The summed E-state index contributed by atoms with van der Waals surface area (Å²) in [5.41, 5.74) is 9.43. The van der Waals surface area contributed by atoms with Gasteiger partial charge in [-0.05, 0) is 101 Å². The topological polar surface area (TPSA) is 8.17 Å². The zero-order valence-corrected chi connectivity index (χ0v) is 31.8. The molecule has 0 fully saturated rings. The third kappa shape index (κ3) is 4.86. The van der Waals surface area contributed by atoms with Crippen LogP contribution in [-0.4, -0.2) is 4.57 Å². The fourth-order valence-corrected chi connectivity index (χ4v) is 11.1. The maximum atomic E-state index is 2.46. The molecule has 0 atom stereocenters. The molecule has 0 radical (unpaired) electrons. The molecule has 262 valence electrons. The first kappa shape index (κ1) is 31.6. The summed E-state index contributed by atoms with van der Waals surface area (Å²) >= 11 is 3.73. The van der Waals surface area contributed by atoms with Gasteiger partial charge in [-0.3, -0.25) is 0 Å². The fraction of sp³-hybridized carbons (Fsp3) is 0. The second-order valence-electron chi connectivity index (χ2n) is 14.5. The summed E-state index contributed by atoms with van der Waals surface area (Å²) in [4.78, 5) is 2.37. The molecule has 0 amide bonds. The monoisotopic (exact) mass is 748 g/mol. The van der Waals surface area contributed by atoms with Gasteiger partial charge in [0.15, 0.2) is 0 Å². The van der Waals surface area contributed by atoms with Crippen LogP contribution < -0.4 is 4.90 Å². The van der Waals surface area contributed by atoms with E-state index in [9.17, 15) is 0 Å². The van der Waals surface area contributed by atoms with Gasteiger partial charge in [0, 0.05) is 73.9 Å². The van der Waals surface area contributed by atoms with Crippen LogP contribution >= 0.6 is 22.7 Å². The molecule has 9 aromatic carbocycles. The Balaban J connectivity index is 0.995. The molecule has 2 nitrogen and oxygen atoms in total. The van der Waals surface area contributed by atoms with Gasteiger partial charge in [0.2, 0.25) is 0 Å². The highest BCUT2D eigenvalue weighted by atomic mass is 32.1. The van der Waals surface area contributed by atoms with Gasteiger partial charge in [0.05, 0.1) is 11.0 Å². The molecule has 0 saturated carbocycles. The Kier molecular flexibility index (Phi) is 7.00. The molecule has 12 rings (SSSR count). The number of para-hydroxylation sites is 1. The Labute approximate surface area is 331 Å². The number of rotatable bonds is 5. The number of nitrogens with zero attached hydrogens (tertiary/aromatic N) is 2. The lowest BCUT2D eigenvalue weighted by Crippen LogP contribution is -2.09. The van der Waals surface area contributed by atoms with E-state index in [1.165, 1.54) is 89.7 Å². The Hall–Kier alpha value is -6.72. The van der Waals surface area contributed by atoms with Crippen LogP contribution in [-0.2, 0) is 0 Å². The summed E-state index contributed by atoms with van der Waals surface area (Å²) < 4.78 is 7.71. The van der Waals surface area contributed by atoms with E-state index in [1.807, 2.05) is 22.7 Å². The summed E-state index contributed by atoms with van der Waals surface area (Å²) in [6, 6.07) is 71.4. The molecule has 0 aliphatic heterocycles. The molecule has 3 heterocycles. The van der Waals surface area contributed by atoms with E-state index in [4.69, 9.17) is 0 Å². The van der Waals surface area contributed by atoms with Gasteiger partial charge in [-0.2, -0.15) is 0 Å². The minimum absolute atomic E-state index is 1.13. The standard InChI is InChI=1S/C52H32N2S2/c1-2-11-36(12-3-1)53(38-24-26-43-41-14-6-8-16-48(41)55-50(43)31-38)37-22-18-33(19-23-37)35-21-28-46-45(30-35)52-40-13-5-4-10-34(40)20-29-47(52)54(46)39-25-27-44-42-15-7-9-17-49(42)56-51(44)32-39/h1-32H. The summed E-state index contributed by atoms with van der Waals surface area (Å²) in [5, 5.41) is 10.4. The van der Waals surface area contributed by atoms with E-state index in [0.29, 0.717) is 0 Å². The van der Waals surface area contributed by atoms with Crippen molar-refractivity contribution in [3.05, 3.63) is 194 Å². The first-order valence-electron chi connectivity index (χ1n) is 19.0. The molecule has 56 heavy (non-hydrogen) atoms. The van der Waals surface area contributed by atoms with Crippen LogP contribution in [0.3, 0.4) is 0 Å². The SMILES string of the molecule is c1ccc(N(c2ccc(-c3ccc4c(c3)c3c5ccccc5ccc3n4-c3ccc4c(c3)sc3ccccc34)cc2)c2ccc3c(c2)sc2ccccc23)cc1. The number of aromatic nitrogens is 1. The second-order valence-corrected chi connectivity index (χ2v) is 16.7. The smallest absolute Gasteiger partial charge is 0.0547 e. The number of hydrogen-bond acceptors (Lipinski definition) is 3. The summed E-state index contributed by atoms with van der Waals surface area (Å²) in [6.07, 6.45) is 0. The Morgan fingerprint density at radius 1 is 0.339 bits per heavy atom. The van der Waals surface area contributed by atoms with Crippen LogP contribution in [0.15, 0.2) is 194 Å². The molecule has 0 spiro atoms. The number of fused-ring (bicyclic) bond motifs is 11. The molecule has 0 saturated heterocycles. The highest BCUT2D eigenvalue weighted by molar-refractivity contribution is 7.26. The molecular weight excluding hydrogens is 717 g/mol. The molecule has 0 N–H and O–H groups in total. The highest BCUT2D eigenvalue weighted by Gasteiger charge is 2.18. The van der Waals surface area contributed by atoms with Crippen LogP contribution in [0.5, 0.6) is 0 Å². The van der Waals surface area contributed by atoms with Crippen LogP contribution in [0.1, 0.15) is 0 Å². The molecule has 0 unspecified atom stereocenters. The summed E-state index contributed by atoms with van der Waals surface area (Å²) in [5.74, 6) is 0.